The quantitative estimate of drug-likeness (QED) is 0.675. The van der Waals surface area contributed by atoms with E-state index >= 15 is 0 Å². The Morgan fingerprint density at radius 1 is 1.23 bits per heavy atom. The van der Waals surface area contributed by atoms with Crippen molar-refractivity contribution >= 4 is 11.9 Å². The number of hydrogen-bond donors (Lipinski definition) is 2. The molecule has 6 nitrogen and oxygen atoms in total. The van der Waals surface area contributed by atoms with Crippen molar-refractivity contribution in [3.63, 3.8) is 0 Å². The highest BCUT2D eigenvalue weighted by molar-refractivity contribution is 5.96. The van der Waals surface area contributed by atoms with Crippen LogP contribution < -0.4 is 10.1 Å². The van der Waals surface area contributed by atoms with Gasteiger partial charge in [0.1, 0.15) is 18.4 Å². The lowest BCUT2D eigenvalue weighted by molar-refractivity contribution is -0.140. The summed E-state index contributed by atoms with van der Waals surface area (Å²) in [6, 6.07) is 4.24. The van der Waals surface area contributed by atoms with Crippen LogP contribution in [0.3, 0.4) is 0 Å². The minimum absolute atomic E-state index is 0.152. The van der Waals surface area contributed by atoms with Crippen LogP contribution in [0.4, 0.5) is 8.78 Å². The van der Waals surface area contributed by atoms with Gasteiger partial charge in [-0.3, -0.25) is 4.79 Å². The molecule has 1 atom stereocenters. The third-order valence-corrected chi connectivity index (χ3v) is 2.69. The molecule has 0 saturated carbocycles. The summed E-state index contributed by atoms with van der Waals surface area (Å²) in [6.45, 7) is 0.758. The lowest BCUT2D eigenvalue weighted by Gasteiger charge is -2.14. The molecule has 0 radical (unpaired) electrons. The molecule has 2 N–H and O–H groups in total. The van der Waals surface area contributed by atoms with Crippen LogP contribution in [0.15, 0.2) is 24.3 Å². The number of halogens is 2. The zero-order valence-corrected chi connectivity index (χ0v) is 11.9. The second-order valence-corrected chi connectivity index (χ2v) is 4.36. The fraction of sp³-hybridized carbons (Fsp3) is 0.429. The molecule has 122 valence electrons. The molecule has 1 unspecified atom stereocenters. The molecule has 0 saturated heterocycles. The van der Waals surface area contributed by atoms with E-state index in [1.807, 2.05) is 0 Å². The molecule has 0 bridgehead atoms. The Kier molecular flexibility index (Phi) is 7.24. The van der Waals surface area contributed by atoms with Crippen LogP contribution in [0, 0.1) is 0 Å². The van der Waals surface area contributed by atoms with Gasteiger partial charge in [-0.15, -0.1) is 0 Å². The second kappa shape index (κ2) is 8.93. The number of alkyl halides is 2. The van der Waals surface area contributed by atoms with Crippen molar-refractivity contribution in [2.75, 3.05) is 20.3 Å². The van der Waals surface area contributed by atoms with Gasteiger partial charge < -0.3 is 19.9 Å². The van der Waals surface area contributed by atoms with Gasteiger partial charge in [0, 0.05) is 19.1 Å². The van der Waals surface area contributed by atoms with Crippen LogP contribution in [0.1, 0.15) is 16.8 Å². The number of hydrogen-bond acceptors (Lipinski definition) is 4. The molecule has 8 heteroatoms. The molecule has 0 aromatic heterocycles. The van der Waals surface area contributed by atoms with Crippen molar-refractivity contribution in [3.05, 3.63) is 29.8 Å². The third-order valence-electron chi connectivity index (χ3n) is 2.69. The summed E-state index contributed by atoms with van der Waals surface area (Å²) in [7, 11) is 1.54. The molecule has 1 amide bonds. The molecular formula is C14H17F2NO5. The van der Waals surface area contributed by atoms with Crippen molar-refractivity contribution in [2.45, 2.75) is 18.9 Å². The maximum atomic E-state index is 12.3. The first kappa shape index (κ1) is 17.8. The van der Waals surface area contributed by atoms with Crippen molar-refractivity contribution in [1.29, 1.82) is 0 Å². The number of rotatable bonds is 9. The van der Waals surface area contributed by atoms with E-state index < -0.39 is 30.8 Å². The first-order valence-electron chi connectivity index (χ1n) is 6.47. The highest BCUT2D eigenvalue weighted by atomic mass is 19.3. The molecule has 0 aliphatic rings. The fourth-order valence-electron chi connectivity index (χ4n) is 1.59. The molecular weight excluding hydrogens is 300 g/mol. The monoisotopic (exact) mass is 317 g/mol. The van der Waals surface area contributed by atoms with Gasteiger partial charge in [0.25, 0.3) is 5.91 Å². The van der Waals surface area contributed by atoms with Gasteiger partial charge in [0.2, 0.25) is 6.43 Å². The number of benzene rings is 1. The maximum Gasteiger partial charge on any atom is 0.326 e. The Labute approximate surface area is 126 Å². The topological polar surface area (TPSA) is 84.9 Å². The summed E-state index contributed by atoms with van der Waals surface area (Å²) >= 11 is 0. The van der Waals surface area contributed by atoms with E-state index in [1.165, 1.54) is 31.4 Å². The Bertz CT molecular complexity index is 493. The highest BCUT2D eigenvalue weighted by Gasteiger charge is 2.24. The van der Waals surface area contributed by atoms with Crippen molar-refractivity contribution in [1.82, 2.24) is 5.32 Å². The number of carboxylic acids is 1. The number of methoxy groups -OCH3 is 1. The van der Waals surface area contributed by atoms with E-state index in [9.17, 15) is 18.4 Å². The fourth-order valence-corrected chi connectivity index (χ4v) is 1.59. The molecule has 0 fully saturated rings. The van der Waals surface area contributed by atoms with E-state index in [4.69, 9.17) is 14.6 Å². The summed E-state index contributed by atoms with van der Waals surface area (Å²) < 4.78 is 34.6. The van der Waals surface area contributed by atoms with Gasteiger partial charge in [-0.25, -0.2) is 13.6 Å². The highest BCUT2D eigenvalue weighted by Crippen LogP contribution is 2.13. The molecule has 0 aliphatic heterocycles. The van der Waals surface area contributed by atoms with Crippen LogP contribution in [-0.4, -0.2) is 49.8 Å². The third kappa shape index (κ3) is 6.04. The molecule has 1 aromatic rings. The van der Waals surface area contributed by atoms with Crippen LogP contribution in [0.5, 0.6) is 5.75 Å². The van der Waals surface area contributed by atoms with Crippen molar-refractivity contribution in [3.8, 4) is 5.75 Å². The standard InChI is InChI=1S/C14H17F2NO5/c1-21-6-7-22-10-4-2-9(3-5-10)13(18)17-11(14(19)20)8-12(15)16/h2-5,11-12H,6-8H2,1H3,(H,17,18)(H,19,20). The minimum Gasteiger partial charge on any atom is -0.491 e. The minimum atomic E-state index is -2.82. The molecule has 0 spiro atoms. The second-order valence-electron chi connectivity index (χ2n) is 4.36. The summed E-state index contributed by atoms with van der Waals surface area (Å²) in [6.07, 6.45) is -3.77. The van der Waals surface area contributed by atoms with Crippen molar-refractivity contribution < 1.29 is 33.0 Å². The Morgan fingerprint density at radius 2 is 1.86 bits per heavy atom. The number of nitrogens with one attached hydrogen (secondary N) is 1. The predicted octanol–water partition coefficient (Wildman–Crippen LogP) is 1.55. The smallest absolute Gasteiger partial charge is 0.326 e. The summed E-state index contributed by atoms with van der Waals surface area (Å²) in [5.41, 5.74) is 0.152. The molecule has 22 heavy (non-hydrogen) atoms. The number of carboxylic acid groups (broad SMARTS) is 1. The maximum absolute atomic E-state index is 12.3. The largest absolute Gasteiger partial charge is 0.491 e. The molecule has 1 aromatic carbocycles. The first-order valence-corrected chi connectivity index (χ1v) is 6.47. The first-order chi connectivity index (χ1) is 10.4. The summed E-state index contributed by atoms with van der Waals surface area (Å²) in [4.78, 5) is 22.7. The molecule has 0 aliphatic carbocycles. The number of aliphatic carboxylic acids is 1. The Hall–Kier alpha value is -2.22. The Morgan fingerprint density at radius 3 is 2.36 bits per heavy atom. The van der Waals surface area contributed by atoms with E-state index in [0.29, 0.717) is 19.0 Å². The Balaban J connectivity index is 2.62. The average Bonchev–Trinajstić information content (AvgIpc) is 2.47. The zero-order valence-electron chi connectivity index (χ0n) is 11.9. The predicted molar refractivity (Wildman–Crippen MR) is 73.3 cm³/mol. The van der Waals surface area contributed by atoms with Crippen LogP contribution >= 0.6 is 0 Å². The average molecular weight is 317 g/mol. The van der Waals surface area contributed by atoms with E-state index in [0.717, 1.165) is 0 Å². The van der Waals surface area contributed by atoms with E-state index in [2.05, 4.69) is 5.32 Å². The lowest BCUT2D eigenvalue weighted by atomic mass is 10.1. The van der Waals surface area contributed by atoms with Gasteiger partial charge in [0.15, 0.2) is 0 Å². The van der Waals surface area contributed by atoms with Gasteiger partial charge in [0.05, 0.1) is 6.61 Å². The van der Waals surface area contributed by atoms with Gasteiger partial charge in [-0.1, -0.05) is 0 Å². The zero-order chi connectivity index (χ0) is 16.5. The molecule has 0 heterocycles. The van der Waals surface area contributed by atoms with Gasteiger partial charge in [-0.05, 0) is 24.3 Å². The SMILES string of the molecule is COCCOc1ccc(C(=O)NC(CC(F)F)C(=O)O)cc1. The normalized spacial score (nSPS) is 12.0. The lowest BCUT2D eigenvalue weighted by Crippen LogP contribution is -2.42. The number of carbonyl (C=O) groups excluding carboxylic acids is 1. The van der Waals surface area contributed by atoms with Gasteiger partial charge in [-0.2, -0.15) is 0 Å². The van der Waals surface area contributed by atoms with Crippen LogP contribution in [-0.2, 0) is 9.53 Å². The van der Waals surface area contributed by atoms with E-state index in [1.54, 1.807) is 0 Å². The molecule has 1 rings (SSSR count). The van der Waals surface area contributed by atoms with Crippen molar-refractivity contribution in [2.24, 2.45) is 0 Å². The van der Waals surface area contributed by atoms with Crippen LogP contribution in [0.25, 0.3) is 0 Å². The van der Waals surface area contributed by atoms with Gasteiger partial charge >= 0.3 is 5.97 Å². The number of amides is 1. The number of ether oxygens (including phenoxy) is 2. The van der Waals surface area contributed by atoms with Crippen LogP contribution in [0.2, 0.25) is 0 Å². The summed E-state index contributed by atoms with van der Waals surface area (Å²) in [5.74, 6) is -1.74. The van der Waals surface area contributed by atoms with E-state index in [-0.39, 0.29) is 5.56 Å². The summed E-state index contributed by atoms with van der Waals surface area (Å²) in [5, 5.41) is 10.9. The number of carbonyl (C=O) groups is 2.